The summed E-state index contributed by atoms with van der Waals surface area (Å²) in [6.45, 7) is 0. The van der Waals surface area contributed by atoms with E-state index in [0.717, 1.165) is 0 Å². The third-order valence-electron chi connectivity index (χ3n) is 0.167. The van der Waals surface area contributed by atoms with E-state index in [1.54, 1.807) is 0 Å². The fourth-order valence-corrected chi connectivity index (χ4v) is 0. The summed E-state index contributed by atoms with van der Waals surface area (Å²) in [7, 11) is 0. The van der Waals surface area contributed by atoms with Crippen molar-refractivity contribution >= 4 is 11.9 Å². The van der Waals surface area contributed by atoms with Crippen LogP contribution in [0.4, 0.5) is 0 Å². The number of carboxylic acid groups (broad SMARTS) is 2. The van der Waals surface area contributed by atoms with Gasteiger partial charge in [0.1, 0.15) is 0 Å². The first-order chi connectivity index (χ1) is 2.64. The van der Waals surface area contributed by atoms with Crippen molar-refractivity contribution in [2.24, 2.45) is 0 Å². The maximum atomic E-state index is 8.93. The van der Waals surface area contributed by atoms with E-state index in [1.165, 1.54) is 0 Å². The van der Waals surface area contributed by atoms with Crippen molar-refractivity contribution in [2.45, 2.75) is 0 Å². The van der Waals surface area contributed by atoms with E-state index < -0.39 is 11.9 Å². The molecule has 0 aliphatic rings. The first-order valence-electron chi connectivity index (χ1n) is 1.07. The second-order valence-electron chi connectivity index (χ2n) is 0.575. The van der Waals surface area contributed by atoms with E-state index in [9.17, 15) is 0 Å². The Hall–Kier alpha value is 0.174. The summed E-state index contributed by atoms with van der Waals surface area (Å²) in [5.74, 6) is -4.37. The molecule has 0 aromatic carbocycles. The summed E-state index contributed by atoms with van der Waals surface area (Å²) in [6.07, 6.45) is 0. The molecule has 4 nitrogen and oxygen atoms in total. The number of rotatable bonds is 0. The van der Waals surface area contributed by atoms with Gasteiger partial charge in [0.25, 0.3) is 0 Å². The van der Waals surface area contributed by atoms with Crippen molar-refractivity contribution in [2.75, 3.05) is 0 Å². The molecule has 0 aromatic heterocycles. The Morgan fingerprint density at radius 3 is 1.14 bits per heavy atom. The van der Waals surface area contributed by atoms with Gasteiger partial charge < -0.3 is 19.8 Å². The fourth-order valence-electron chi connectivity index (χ4n) is 0. The summed E-state index contributed by atoms with van der Waals surface area (Å²) in [6, 6.07) is 0. The zero-order chi connectivity index (χ0) is 5.15. The van der Waals surface area contributed by atoms with Gasteiger partial charge in [-0.05, 0) is 0 Å². The van der Waals surface area contributed by atoms with Gasteiger partial charge in [-0.15, -0.1) is 0 Å². The molecule has 0 saturated carbocycles. The zero-order valence-electron chi connectivity index (χ0n) is 2.91. The largest absolute Gasteiger partial charge is 0.543 e. The molecule has 1 radical (unpaired) electrons. The molecule has 0 atom stereocenters. The molecular formula is C2O4Tm-2. The molecule has 0 aromatic rings. The molecule has 0 N–H and O–H groups in total. The number of aliphatic carboxylic acids is 2. The van der Waals surface area contributed by atoms with Crippen molar-refractivity contribution in [1.29, 1.82) is 0 Å². The van der Waals surface area contributed by atoms with Crippen LogP contribution in [-0.4, -0.2) is 11.9 Å². The van der Waals surface area contributed by atoms with Crippen LogP contribution in [0.3, 0.4) is 0 Å². The van der Waals surface area contributed by atoms with E-state index in [0.29, 0.717) is 0 Å². The Morgan fingerprint density at radius 2 is 1.14 bits per heavy atom. The van der Waals surface area contributed by atoms with Gasteiger partial charge in [0, 0.05) is 36.9 Å². The summed E-state index contributed by atoms with van der Waals surface area (Å²) in [5.41, 5.74) is 0. The van der Waals surface area contributed by atoms with Gasteiger partial charge in [-0.1, -0.05) is 0 Å². The Morgan fingerprint density at radius 1 is 1.00 bits per heavy atom. The van der Waals surface area contributed by atoms with Crippen molar-refractivity contribution in [1.82, 2.24) is 0 Å². The normalized spacial score (nSPS) is 6.29. The summed E-state index contributed by atoms with van der Waals surface area (Å²) >= 11 is 0. The van der Waals surface area contributed by atoms with Crippen molar-refractivity contribution in [3.8, 4) is 0 Å². The van der Waals surface area contributed by atoms with Gasteiger partial charge in [0.05, 0.1) is 11.9 Å². The standard InChI is InChI=1S/C2H2O4.Tm/c3-1(4)2(5)6;/h(H,3,4)(H,5,6);/p-2. The first kappa shape index (κ1) is 10.2. The number of hydrogen-bond donors (Lipinski definition) is 0. The van der Waals surface area contributed by atoms with Gasteiger partial charge in [0.2, 0.25) is 0 Å². The van der Waals surface area contributed by atoms with Gasteiger partial charge >= 0.3 is 0 Å². The minimum atomic E-state index is -2.19. The van der Waals surface area contributed by atoms with E-state index in [2.05, 4.69) is 0 Å². The van der Waals surface area contributed by atoms with Gasteiger partial charge in [0.15, 0.2) is 0 Å². The maximum absolute atomic E-state index is 8.93. The SMILES string of the molecule is O=C([O-])C(=O)[O-].[Tm]. The predicted octanol–water partition coefficient (Wildman–Crippen LogP) is -3.51. The average molecular weight is 257 g/mol. The topological polar surface area (TPSA) is 80.3 Å². The molecule has 47 valence electrons. The second kappa shape index (κ2) is 4.34. The number of carbonyl (C=O) groups excluding carboxylic acids is 2. The quantitative estimate of drug-likeness (QED) is 0.421. The average Bonchev–Trinajstić information content (AvgIpc) is 1.36. The molecule has 0 aliphatic heterocycles. The molecule has 0 fully saturated rings. The summed E-state index contributed by atoms with van der Waals surface area (Å²) in [4.78, 5) is 17.9. The van der Waals surface area contributed by atoms with Crippen LogP contribution in [0.25, 0.3) is 0 Å². The Balaban J connectivity index is 0. The third-order valence-corrected chi connectivity index (χ3v) is 0.167. The van der Waals surface area contributed by atoms with Crippen LogP contribution in [0.2, 0.25) is 0 Å². The Labute approximate surface area is 68.3 Å². The van der Waals surface area contributed by atoms with Crippen molar-refractivity contribution in [3.63, 3.8) is 0 Å². The van der Waals surface area contributed by atoms with Crippen molar-refractivity contribution < 1.29 is 56.7 Å². The van der Waals surface area contributed by atoms with E-state index in [1.807, 2.05) is 0 Å². The zero-order valence-corrected chi connectivity index (χ0v) is 4.69. The molecule has 0 spiro atoms. The molecule has 7 heavy (non-hydrogen) atoms. The minimum absolute atomic E-state index is 0. The molecule has 0 heterocycles. The predicted molar refractivity (Wildman–Crippen MR) is 10.0 cm³/mol. The molecule has 0 amide bonds. The van der Waals surface area contributed by atoms with Crippen LogP contribution in [0.5, 0.6) is 0 Å². The molecule has 5 heteroatoms. The van der Waals surface area contributed by atoms with Crippen molar-refractivity contribution in [3.05, 3.63) is 0 Å². The van der Waals surface area contributed by atoms with Gasteiger partial charge in [-0.3, -0.25) is 0 Å². The molecule has 0 unspecified atom stereocenters. The summed E-state index contributed by atoms with van der Waals surface area (Å²) in [5, 5.41) is 17.9. The van der Waals surface area contributed by atoms with Crippen LogP contribution in [-0.2, 0) is 9.59 Å². The monoisotopic (exact) mass is 257 g/mol. The molecular weight excluding hydrogens is 257 g/mol. The second-order valence-corrected chi connectivity index (χ2v) is 0.575. The molecule has 0 bridgehead atoms. The van der Waals surface area contributed by atoms with Crippen LogP contribution >= 0.6 is 0 Å². The van der Waals surface area contributed by atoms with E-state index in [-0.39, 0.29) is 36.9 Å². The van der Waals surface area contributed by atoms with Gasteiger partial charge in [-0.2, -0.15) is 0 Å². The molecule has 0 aliphatic carbocycles. The minimum Gasteiger partial charge on any atom is -0.543 e. The van der Waals surface area contributed by atoms with Crippen LogP contribution in [0.1, 0.15) is 0 Å². The van der Waals surface area contributed by atoms with E-state index >= 15 is 0 Å². The molecule has 0 saturated heterocycles. The first-order valence-corrected chi connectivity index (χ1v) is 1.07. The van der Waals surface area contributed by atoms with Crippen LogP contribution in [0, 0.1) is 36.9 Å². The number of carbonyl (C=O) groups is 2. The number of carboxylic acids is 2. The van der Waals surface area contributed by atoms with E-state index in [4.69, 9.17) is 19.8 Å². The smallest absolute Gasteiger partial charge is 0.0870 e. The molecule has 0 rings (SSSR count). The Bertz CT molecular complexity index is 75.7. The van der Waals surface area contributed by atoms with Gasteiger partial charge in [-0.25, -0.2) is 0 Å². The Kier molecular flexibility index (Phi) is 6.33. The number of hydrogen-bond acceptors (Lipinski definition) is 4. The van der Waals surface area contributed by atoms with Crippen LogP contribution in [0.15, 0.2) is 0 Å². The third kappa shape index (κ3) is 6.17. The maximum Gasteiger partial charge on any atom is 0.0870 e. The van der Waals surface area contributed by atoms with Crippen LogP contribution < -0.4 is 10.2 Å². The fraction of sp³-hybridized carbons (Fsp3) is 0. The summed E-state index contributed by atoms with van der Waals surface area (Å²) < 4.78 is 0.